The molecule has 0 saturated heterocycles. The Kier molecular flexibility index (Phi) is 3.14. The molecule has 0 bridgehead atoms. The zero-order chi connectivity index (χ0) is 11.5. The maximum atomic E-state index is 12.6. The third-order valence-corrected chi connectivity index (χ3v) is 2.84. The molecule has 1 aromatic rings. The van der Waals surface area contributed by atoms with Gasteiger partial charge in [-0.2, -0.15) is 0 Å². The number of amides is 1. The Morgan fingerprint density at radius 2 is 2.31 bits per heavy atom. The van der Waals surface area contributed by atoms with Gasteiger partial charge in [-0.05, 0) is 30.9 Å². The predicted molar refractivity (Wildman–Crippen MR) is 56.2 cm³/mol. The number of anilines is 1. The molecule has 1 aliphatic carbocycles. The van der Waals surface area contributed by atoms with Crippen LogP contribution in [0.2, 0.25) is 0 Å². The van der Waals surface area contributed by atoms with E-state index in [1.54, 1.807) is 0 Å². The summed E-state index contributed by atoms with van der Waals surface area (Å²) in [7, 11) is 0. The number of halogens is 1. The lowest BCUT2D eigenvalue weighted by Crippen LogP contribution is -2.37. The lowest BCUT2D eigenvalue weighted by atomic mass is 9.81. The second-order valence-electron chi connectivity index (χ2n) is 3.99. The SMILES string of the molecule is O=C(Nc1ccc(F)cn1)[C@H](O)C1CCC1. The summed E-state index contributed by atoms with van der Waals surface area (Å²) in [5.41, 5.74) is 0. The van der Waals surface area contributed by atoms with E-state index in [0.717, 1.165) is 25.5 Å². The van der Waals surface area contributed by atoms with Crippen LogP contribution >= 0.6 is 0 Å². The van der Waals surface area contributed by atoms with Gasteiger partial charge in [0.25, 0.3) is 5.91 Å². The van der Waals surface area contributed by atoms with Crippen LogP contribution in [-0.4, -0.2) is 22.1 Å². The lowest BCUT2D eigenvalue weighted by molar-refractivity contribution is -0.128. The van der Waals surface area contributed by atoms with Gasteiger partial charge in [-0.1, -0.05) is 6.42 Å². The molecule has 1 aromatic heterocycles. The average molecular weight is 224 g/mol. The van der Waals surface area contributed by atoms with Crippen LogP contribution in [0.25, 0.3) is 0 Å². The number of carbonyl (C=O) groups is 1. The summed E-state index contributed by atoms with van der Waals surface area (Å²) in [5, 5.41) is 12.1. The molecule has 1 fully saturated rings. The number of aliphatic hydroxyl groups excluding tert-OH is 1. The predicted octanol–water partition coefficient (Wildman–Crippen LogP) is 1.32. The molecule has 0 aromatic carbocycles. The van der Waals surface area contributed by atoms with Crippen LogP contribution in [0.3, 0.4) is 0 Å². The van der Waals surface area contributed by atoms with Crippen LogP contribution < -0.4 is 5.32 Å². The molecule has 5 heteroatoms. The van der Waals surface area contributed by atoms with Crippen molar-refractivity contribution in [1.29, 1.82) is 0 Å². The van der Waals surface area contributed by atoms with E-state index in [4.69, 9.17) is 0 Å². The van der Waals surface area contributed by atoms with E-state index < -0.39 is 17.8 Å². The van der Waals surface area contributed by atoms with Crippen molar-refractivity contribution in [2.45, 2.75) is 25.4 Å². The highest BCUT2D eigenvalue weighted by Gasteiger charge is 2.30. The zero-order valence-corrected chi connectivity index (χ0v) is 8.69. The normalized spacial score (nSPS) is 17.6. The Labute approximate surface area is 92.5 Å². The van der Waals surface area contributed by atoms with Gasteiger partial charge in [0.1, 0.15) is 17.7 Å². The van der Waals surface area contributed by atoms with E-state index in [2.05, 4.69) is 10.3 Å². The summed E-state index contributed by atoms with van der Waals surface area (Å²) in [6, 6.07) is 2.57. The molecule has 0 spiro atoms. The molecule has 4 nitrogen and oxygen atoms in total. The van der Waals surface area contributed by atoms with E-state index >= 15 is 0 Å². The molecule has 1 aliphatic rings. The molecule has 1 saturated carbocycles. The van der Waals surface area contributed by atoms with Crippen molar-refractivity contribution in [3.63, 3.8) is 0 Å². The first-order chi connectivity index (χ1) is 7.66. The molecule has 0 radical (unpaired) electrons. The van der Waals surface area contributed by atoms with E-state index in [1.807, 2.05) is 0 Å². The molecule has 2 rings (SSSR count). The Morgan fingerprint density at radius 1 is 1.56 bits per heavy atom. The molecule has 1 heterocycles. The highest BCUT2D eigenvalue weighted by molar-refractivity contribution is 5.93. The van der Waals surface area contributed by atoms with Gasteiger partial charge in [-0.25, -0.2) is 9.37 Å². The first-order valence-corrected chi connectivity index (χ1v) is 5.27. The largest absolute Gasteiger partial charge is 0.383 e. The van der Waals surface area contributed by atoms with Gasteiger partial charge in [0.15, 0.2) is 0 Å². The highest BCUT2D eigenvalue weighted by Crippen LogP contribution is 2.29. The van der Waals surface area contributed by atoms with Gasteiger partial charge in [-0.3, -0.25) is 4.79 Å². The fraction of sp³-hybridized carbons (Fsp3) is 0.455. The van der Waals surface area contributed by atoms with Crippen molar-refractivity contribution in [3.05, 3.63) is 24.1 Å². The van der Waals surface area contributed by atoms with Crippen molar-refractivity contribution in [2.24, 2.45) is 5.92 Å². The number of nitrogens with one attached hydrogen (secondary N) is 1. The maximum Gasteiger partial charge on any atom is 0.254 e. The standard InChI is InChI=1S/C11H13FN2O2/c12-8-4-5-9(13-6-8)14-11(16)10(15)7-2-1-3-7/h4-7,10,15H,1-3H2,(H,13,14,16)/t10-/m1/s1. The molecular weight excluding hydrogens is 211 g/mol. The number of hydrogen-bond donors (Lipinski definition) is 2. The molecule has 1 atom stereocenters. The van der Waals surface area contributed by atoms with Crippen LogP contribution in [0, 0.1) is 11.7 Å². The van der Waals surface area contributed by atoms with Crippen LogP contribution in [0.1, 0.15) is 19.3 Å². The summed E-state index contributed by atoms with van der Waals surface area (Å²) in [5.74, 6) is -0.619. The number of carbonyl (C=O) groups excluding carboxylic acids is 1. The third-order valence-electron chi connectivity index (χ3n) is 2.84. The maximum absolute atomic E-state index is 12.6. The molecule has 2 N–H and O–H groups in total. The number of pyridine rings is 1. The van der Waals surface area contributed by atoms with E-state index in [9.17, 15) is 14.3 Å². The molecular formula is C11H13FN2O2. The smallest absolute Gasteiger partial charge is 0.254 e. The Bertz CT molecular complexity index is 376. The average Bonchev–Trinajstić information content (AvgIpc) is 2.19. The quantitative estimate of drug-likeness (QED) is 0.814. The molecule has 0 unspecified atom stereocenters. The van der Waals surface area contributed by atoms with E-state index in [1.165, 1.54) is 12.1 Å². The minimum absolute atomic E-state index is 0.0560. The van der Waals surface area contributed by atoms with E-state index in [0.29, 0.717) is 0 Å². The topological polar surface area (TPSA) is 62.2 Å². The van der Waals surface area contributed by atoms with Gasteiger partial charge in [-0.15, -0.1) is 0 Å². The Balaban J connectivity index is 1.93. The third kappa shape index (κ3) is 2.36. The van der Waals surface area contributed by atoms with Crippen molar-refractivity contribution in [1.82, 2.24) is 4.98 Å². The molecule has 86 valence electrons. The number of aliphatic hydroxyl groups is 1. The monoisotopic (exact) mass is 224 g/mol. The summed E-state index contributed by atoms with van der Waals surface area (Å²) in [6.07, 6.45) is 2.85. The first-order valence-electron chi connectivity index (χ1n) is 5.27. The van der Waals surface area contributed by atoms with Gasteiger partial charge in [0, 0.05) is 0 Å². The number of nitrogens with zero attached hydrogens (tertiary/aromatic N) is 1. The number of rotatable bonds is 3. The summed E-state index contributed by atoms with van der Waals surface area (Å²) in [6.45, 7) is 0. The second kappa shape index (κ2) is 4.57. The van der Waals surface area contributed by atoms with Gasteiger partial charge < -0.3 is 10.4 Å². The van der Waals surface area contributed by atoms with Crippen molar-refractivity contribution in [3.8, 4) is 0 Å². The van der Waals surface area contributed by atoms with Gasteiger partial charge in [0.05, 0.1) is 6.20 Å². The fourth-order valence-electron chi connectivity index (χ4n) is 1.62. The van der Waals surface area contributed by atoms with Crippen LogP contribution in [0.15, 0.2) is 18.3 Å². The fourth-order valence-corrected chi connectivity index (χ4v) is 1.62. The van der Waals surface area contributed by atoms with Crippen molar-refractivity contribution < 1.29 is 14.3 Å². The van der Waals surface area contributed by atoms with Crippen LogP contribution in [0.5, 0.6) is 0 Å². The van der Waals surface area contributed by atoms with Gasteiger partial charge in [0.2, 0.25) is 0 Å². The number of hydrogen-bond acceptors (Lipinski definition) is 3. The van der Waals surface area contributed by atoms with Gasteiger partial charge >= 0.3 is 0 Å². The minimum Gasteiger partial charge on any atom is -0.383 e. The lowest BCUT2D eigenvalue weighted by Gasteiger charge is -2.29. The first kappa shape index (κ1) is 11.0. The minimum atomic E-state index is -0.986. The van der Waals surface area contributed by atoms with E-state index in [-0.39, 0.29) is 11.7 Å². The molecule has 0 aliphatic heterocycles. The van der Waals surface area contributed by atoms with Crippen molar-refractivity contribution in [2.75, 3.05) is 5.32 Å². The summed E-state index contributed by atoms with van der Waals surface area (Å²) >= 11 is 0. The van der Waals surface area contributed by atoms with Crippen molar-refractivity contribution >= 4 is 11.7 Å². The molecule has 16 heavy (non-hydrogen) atoms. The molecule has 1 amide bonds. The Morgan fingerprint density at radius 3 is 2.81 bits per heavy atom. The summed E-state index contributed by atoms with van der Waals surface area (Å²) < 4.78 is 12.6. The van der Waals surface area contributed by atoms with Crippen LogP contribution in [-0.2, 0) is 4.79 Å². The highest BCUT2D eigenvalue weighted by atomic mass is 19.1. The number of aromatic nitrogens is 1. The second-order valence-corrected chi connectivity index (χ2v) is 3.99. The van der Waals surface area contributed by atoms with Crippen LogP contribution in [0.4, 0.5) is 10.2 Å². The Hall–Kier alpha value is -1.49. The summed E-state index contributed by atoms with van der Waals surface area (Å²) in [4.78, 5) is 15.2. The zero-order valence-electron chi connectivity index (χ0n) is 8.69.